The number of hydrogen-bond acceptors (Lipinski definition) is 4. The van der Waals surface area contributed by atoms with Crippen LogP contribution in [0, 0.1) is 19.8 Å². The van der Waals surface area contributed by atoms with Crippen molar-refractivity contribution in [3.05, 3.63) is 11.6 Å². The lowest BCUT2D eigenvalue weighted by Crippen LogP contribution is -2.37. The van der Waals surface area contributed by atoms with Crippen LogP contribution in [0.25, 0.3) is 0 Å². The van der Waals surface area contributed by atoms with Crippen molar-refractivity contribution in [2.75, 3.05) is 6.61 Å². The summed E-state index contributed by atoms with van der Waals surface area (Å²) in [7, 11) is 0. The van der Waals surface area contributed by atoms with Crippen molar-refractivity contribution >= 4 is 0 Å². The summed E-state index contributed by atoms with van der Waals surface area (Å²) < 4.78 is 1.76. The van der Waals surface area contributed by atoms with Gasteiger partial charge in [0.15, 0.2) is 0 Å². The SMILES string of the molecule is Cc1nc(C)n(C(CO)C(N)C2CC2)n1. The lowest BCUT2D eigenvalue weighted by molar-refractivity contribution is 0.186. The molecule has 0 saturated heterocycles. The third-order valence-corrected chi connectivity index (χ3v) is 3.02. The standard InChI is InChI=1S/C10H18N4O/c1-6-12-7(2)14(13-6)9(5-15)10(11)8-3-4-8/h8-10,15H,3-5,11H2,1-2H3. The van der Waals surface area contributed by atoms with Gasteiger partial charge in [0.05, 0.1) is 12.6 Å². The first-order chi connectivity index (χ1) is 7.13. The summed E-state index contributed by atoms with van der Waals surface area (Å²) in [6.07, 6.45) is 2.34. The molecule has 1 fully saturated rings. The summed E-state index contributed by atoms with van der Waals surface area (Å²) in [5.74, 6) is 2.10. The summed E-state index contributed by atoms with van der Waals surface area (Å²) in [5.41, 5.74) is 6.10. The second-order valence-electron chi connectivity index (χ2n) is 4.32. The predicted octanol–water partition coefficient (Wildman–Crippen LogP) is 0.166. The Balaban J connectivity index is 2.21. The van der Waals surface area contributed by atoms with Crippen LogP contribution in [0.3, 0.4) is 0 Å². The molecule has 1 aliphatic carbocycles. The molecule has 0 spiro atoms. The third kappa shape index (κ3) is 2.03. The Morgan fingerprint density at radius 2 is 2.20 bits per heavy atom. The second-order valence-corrected chi connectivity index (χ2v) is 4.32. The third-order valence-electron chi connectivity index (χ3n) is 3.02. The molecule has 1 aromatic rings. The van der Waals surface area contributed by atoms with Gasteiger partial charge in [-0.3, -0.25) is 0 Å². The fourth-order valence-corrected chi connectivity index (χ4v) is 2.01. The molecule has 2 rings (SSSR count). The highest BCUT2D eigenvalue weighted by molar-refractivity contribution is 4.96. The highest BCUT2D eigenvalue weighted by Crippen LogP contribution is 2.35. The van der Waals surface area contributed by atoms with Crippen molar-refractivity contribution in [2.24, 2.45) is 11.7 Å². The molecule has 0 aliphatic heterocycles. The summed E-state index contributed by atoms with van der Waals surface area (Å²) in [5, 5.41) is 13.7. The van der Waals surface area contributed by atoms with Crippen LogP contribution in [0.15, 0.2) is 0 Å². The Kier molecular flexibility index (Phi) is 2.75. The van der Waals surface area contributed by atoms with Crippen LogP contribution in [0.5, 0.6) is 0 Å². The molecule has 0 aromatic carbocycles. The zero-order chi connectivity index (χ0) is 11.0. The molecule has 3 N–H and O–H groups in total. The van der Waals surface area contributed by atoms with Crippen LogP contribution < -0.4 is 5.73 Å². The van der Waals surface area contributed by atoms with E-state index in [0.29, 0.717) is 5.92 Å². The van der Waals surface area contributed by atoms with Gasteiger partial charge in [-0.25, -0.2) is 9.67 Å². The van der Waals surface area contributed by atoms with Gasteiger partial charge in [0.2, 0.25) is 0 Å². The monoisotopic (exact) mass is 210 g/mol. The molecule has 15 heavy (non-hydrogen) atoms. The van der Waals surface area contributed by atoms with Gasteiger partial charge < -0.3 is 10.8 Å². The second kappa shape index (κ2) is 3.90. The molecule has 2 atom stereocenters. The minimum absolute atomic E-state index is 0.00481. The lowest BCUT2D eigenvalue weighted by atomic mass is 10.1. The van der Waals surface area contributed by atoms with Crippen LogP contribution in [0.4, 0.5) is 0 Å². The molecule has 0 amide bonds. The Hall–Kier alpha value is -0.940. The summed E-state index contributed by atoms with van der Waals surface area (Å²) in [4.78, 5) is 4.23. The molecule has 5 nitrogen and oxygen atoms in total. The van der Waals surface area contributed by atoms with Crippen LogP contribution >= 0.6 is 0 Å². The van der Waals surface area contributed by atoms with Crippen LogP contribution in [0.2, 0.25) is 0 Å². The Bertz CT molecular complexity index is 345. The fraction of sp³-hybridized carbons (Fsp3) is 0.800. The average molecular weight is 210 g/mol. The van der Waals surface area contributed by atoms with E-state index in [-0.39, 0.29) is 18.7 Å². The van der Waals surface area contributed by atoms with Gasteiger partial charge in [0, 0.05) is 6.04 Å². The highest BCUT2D eigenvalue weighted by atomic mass is 16.3. The number of aryl methyl sites for hydroxylation is 2. The largest absolute Gasteiger partial charge is 0.394 e. The van der Waals surface area contributed by atoms with E-state index < -0.39 is 0 Å². The first-order valence-corrected chi connectivity index (χ1v) is 5.39. The van der Waals surface area contributed by atoms with Crippen LogP contribution in [-0.2, 0) is 0 Å². The van der Waals surface area contributed by atoms with Crippen molar-refractivity contribution in [1.82, 2.24) is 14.8 Å². The lowest BCUT2D eigenvalue weighted by Gasteiger charge is -2.22. The molecule has 0 radical (unpaired) electrons. The first kappa shape index (κ1) is 10.6. The van der Waals surface area contributed by atoms with Crippen molar-refractivity contribution in [2.45, 2.75) is 38.8 Å². The summed E-state index contributed by atoms with van der Waals surface area (Å²) in [6, 6.07) is -0.131. The van der Waals surface area contributed by atoms with Crippen LogP contribution in [0.1, 0.15) is 30.5 Å². The number of nitrogens with two attached hydrogens (primary N) is 1. The zero-order valence-corrected chi connectivity index (χ0v) is 9.22. The van der Waals surface area contributed by atoms with E-state index in [9.17, 15) is 5.11 Å². The van der Waals surface area contributed by atoms with Gasteiger partial charge in [0.1, 0.15) is 11.6 Å². The fourth-order valence-electron chi connectivity index (χ4n) is 2.01. The Labute approximate surface area is 89.3 Å². The van der Waals surface area contributed by atoms with Gasteiger partial charge in [-0.15, -0.1) is 0 Å². The Morgan fingerprint density at radius 3 is 2.60 bits per heavy atom. The van der Waals surface area contributed by atoms with Crippen molar-refractivity contribution in [3.63, 3.8) is 0 Å². The Morgan fingerprint density at radius 1 is 1.53 bits per heavy atom. The number of aliphatic hydroxyl groups excluding tert-OH is 1. The van der Waals surface area contributed by atoms with Crippen LogP contribution in [-0.4, -0.2) is 32.5 Å². The summed E-state index contributed by atoms with van der Waals surface area (Å²) >= 11 is 0. The smallest absolute Gasteiger partial charge is 0.147 e. The van der Waals surface area contributed by atoms with Crippen molar-refractivity contribution in [1.29, 1.82) is 0 Å². The normalized spacial score (nSPS) is 20.3. The van der Waals surface area contributed by atoms with E-state index in [1.807, 2.05) is 13.8 Å². The first-order valence-electron chi connectivity index (χ1n) is 5.39. The molecule has 1 aromatic heterocycles. The zero-order valence-electron chi connectivity index (χ0n) is 9.22. The number of rotatable bonds is 4. The van der Waals surface area contributed by atoms with E-state index in [1.54, 1.807) is 4.68 Å². The van der Waals surface area contributed by atoms with E-state index >= 15 is 0 Å². The minimum atomic E-state index is -0.126. The molecule has 5 heteroatoms. The molecular weight excluding hydrogens is 192 g/mol. The van der Waals surface area contributed by atoms with Crippen molar-refractivity contribution < 1.29 is 5.11 Å². The van der Waals surface area contributed by atoms with E-state index in [0.717, 1.165) is 11.6 Å². The molecule has 1 saturated carbocycles. The maximum atomic E-state index is 9.39. The molecular formula is C10H18N4O. The van der Waals surface area contributed by atoms with E-state index in [1.165, 1.54) is 12.8 Å². The van der Waals surface area contributed by atoms with Gasteiger partial charge >= 0.3 is 0 Å². The molecule has 84 valence electrons. The minimum Gasteiger partial charge on any atom is -0.394 e. The highest BCUT2D eigenvalue weighted by Gasteiger charge is 2.35. The van der Waals surface area contributed by atoms with Crippen molar-refractivity contribution in [3.8, 4) is 0 Å². The number of aromatic nitrogens is 3. The van der Waals surface area contributed by atoms with Gasteiger partial charge in [-0.2, -0.15) is 5.10 Å². The molecule has 0 bridgehead atoms. The average Bonchev–Trinajstić information content (AvgIpc) is 2.95. The van der Waals surface area contributed by atoms with E-state index in [4.69, 9.17) is 5.73 Å². The summed E-state index contributed by atoms with van der Waals surface area (Å²) in [6.45, 7) is 3.77. The number of aliphatic hydroxyl groups is 1. The molecule has 2 unspecified atom stereocenters. The maximum Gasteiger partial charge on any atom is 0.147 e. The van der Waals surface area contributed by atoms with E-state index in [2.05, 4.69) is 10.1 Å². The quantitative estimate of drug-likeness (QED) is 0.742. The molecule has 1 aliphatic rings. The number of hydrogen-bond donors (Lipinski definition) is 2. The van der Waals surface area contributed by atoms with Gasteiger partial charge in [-0.1, -0.05) is 0 Å². The maximum absolute atomic E-state index is 9.39. The topological polar surface area (TPSA) is 77.0 Å². The molecule has 1 heterocycles. The van der Waals surface area contributed by atoms with Gasteiger partial charge in [-0.05, 0) is 32.6 Å². The predicted molar refractivity (Wildman–Crippen MR) is 56.3 cm³/mol. The number of nitrogens with zero attached hydrogens (tertiary/aromatic N) is 3. The van der Waals surface area contributed by atoms with Gasteiger partial charge in [0.25, 0.3) is 0 Å².